The van der Waals surface area contributed by atoms with Crippen LogP contribution in [0.25, 0.3) is 0 Å². The van der Waals surface area contributed by atoms with Crippen molar-refractivity contribution in [3.05, 3.63) is 11.9 Å². The SMILES string of the molecule is NC(=O)N/C=C1\NC(=O)C(CO)NC(=O)C(CO)NC(=O)C(N)CNC(=O)C(C2CCN=C(N)N2)NC1=O. The number of guanidine groups is 1. The van der Waals surface area contributed by atoms with Crippen LogP contribution in [0, 0.1) is 0 Å². The number of amides is 7. The van der Waals surface area contributed by atoms with E-state index in [-0.39, 0.29) is 18.9 Å². The van der Waals surface area contributed by atoms with Crippen LogP contribution in [0.1, 0.15) is 6.42 Å². The van der Waals surface area contributed by atoms with Crippen LogP contribution in [0.3, 0.4) is 0 Å². The molecule has 15 N–H and O–H groups in total. The summed E-state index contributed by atoms with van der Waals surface area (Å²) in [5, 5.41) is 35.1. The number of primary amides is 1. The third kappa shape index (κ3) is 8.28. The number of nitrogens with one attached hydrogen (secondary N) is 7. The maximum absolute atomic E-state index is 13.1. The monoisotopic (exact) mass is 541 g/mol. The van der Waals surface area contributed by atoms with Crippen molar-refractivity contribution in [3.63, 3.8) is 0 Å². The van der Waals surface area contributed by atoms with Crippen LogP contribution in [0.4, 0.5) is 4.79 Å². The fourth-order valence-corrected chi connectivity index (χ4v) is 3.32. The van der Waals surface area contributed by atoms with Gasteiger partial charge in [-0.1, -0.05) is 0 Å². The smallest absolute Gasteiger partial charge is 0.316 e. The first-order chi connectivity index (χ1) is 18.0. The number of hydrogen-bond acceptors (Lipinski definition) is 12. The van der Waals surface area contributed by atoms with Gasteiger partial charge in [0.25, 0.3) is 5.91 Å². The van der Waals surface area contributed by atoms with E-state index in [0.717, 1.165) is 6.20 Å². The zero-order valence-corrected chi connectivity index (χ0v) is 20.0. The molecule has 1 fully saturated rings. The van der Waals surface area contributed by atoms with Gasteiger partial charge in [-0.3, -0.25) is 29.0 Å². The number of aliphatic hydroxyl groups excluding tert-OH is 2. The average molecular weight is 542 g/mol. The predicted octanol–water partition coefficient (Wildman–Crippen LogP) is -7.82. The molecular formula is C19H31N11O8. The molecule has 19 nitrogen and oxygen atoms in total. The van der Waals surface area contributed by atoms with Gasteiger partial charge in [0.15, 0.2) is 5.96 Å². The van der Waals surface area contributed by atoms with Crippen molar-refractivity contribution in [1.29, 1.82) is 0 Å². The zero-order valence-electron chi connectivity index (χ0n) is 20.0. The highest BCUT2D eigenvalue weighted by Crippen LogP contribution is 2.07. The van der Waals surface area contributed by atoms with E-state index in [2.05, 4.69) is 36.9 Å². The van der Waals surface area contributed by atoms with Gasteiger partial charge < -0.3 is 64.6 Å². The lowest BCUT2D eigenvalue weighted by molar-refractivity contribution is -0.134. The van der Waals surface area contributed by atoms with Crippen LogP contribution in [0.5, 0.6) is 0 Å². The molecule has 38 heavy (non-hydrogen) atoms. The number of aliphatic imine (C=N–C) groups is 1. The zero-order chi connectivity index (χ0) is 28.4. The lowest BCUT2D eigenvalue weighted by Gasteiger charge is -2.31. The van der Waals surface area contributed by atoms with Crippen LogP contribution in [0.15, 0.2) is 16.9 Å². The van der Waals surface area contributed by atoms with Crippen LogP contribution >= 0.6 is 0 Å². The van der Waals surface area contributed by atoms with Crippen LogP contribution < -0.4 is 54.4 Å². The largest absolute Gasteiger partial charge is 0.394 e. The van der Waals surface area contributed by atoms with Gasteiger partial charge in [0.2, 0.25) is 23.6 Å². The Labute approximate surface area is 215 Å². The summed E-state index contributed by atoms with van der Waals surface area (Å²) in [7, 11) is 0. The number of carbonyl (C=O) groups excluding carboxylic acids is 6. The molecule has 2 rings (SSSR count). The molecule has 210 valence electrons. The number of rotatable bonds is 4. The molecular weight excluding hydrogens is 510 g/mol. The highest BCUT2D eigenvalue weighted by Gasteiger charge is 2.35. The minimum Gasteiger partial charge on any atom is -0.394 e. The molecule has 0 radical (unpaired) electrons. The van der Waals surface area contributed by atoms with E-state index in [0.29, 0.717) is 0 Å². The van der Waals surface area contributed by atoms with Crippen molar-refractivity contribution in [2.75, 3.05) is 26.3 Å². The molecule has 0 aromatic carbocycles. The van der Waals surface area contributed by atoms with Crippen molar-refractivity contribution in [3.8, 4) is 0 Å². The molecule has 0 aromatic heterocycles. The van der Waals surface area contributed by atoms with Crippen molar-refractivity contribution in [2.45, 2.75) is 36.6 Å². The number of nitrogens with two attached hydrogens (primary N) is 3. The molecule has 1 saturated heterocycles. The quantitative estimate of drug-likeness (QED) is 0.148. The first-order valence-corrected chi connectivity index (χ1v) is 11.3. The summed E-state index contributed by atoms with van der Waals surface area (Å²) >= 11 is 0. The molecule has 5 unspecified atom stereocenters. The molecule has 19 heteroatoms. The molecule has 2 aliphatic rings. The maximum atomic E-state index is 13.1. The summed E-state index contributed by atoms with van der Waals surface area (Å²) in [6.07, 6.45) is 0.980. The van der Waals surface area contributed by atoms with Crippen molar-refractivity contribution < 1.29 is 39.0 Å². The second-order valence-corrected chi connectivity index (χ2v) is 8.15. The number of urea groups is 1. The Kier molecular flexibility index (Phi) is 10.7. The van der Waals surface area contributed by atoms with Gasteiger partial charge in [0.1, 0.15) is 29.9 Å². The predicted molar refractivity (Wildman–Crippen MR) is 128 cm³/mol. The van der Waals surface area contributed by atoms with E-state index >= 15 is 0 Å². The van der Waals surface area contributed by atoms with Gasteiger partial charge in [-0.25, -0.2) is 4.79 Å². The Bertz CT molecular complexity index is 1020. The van der Waals surface area contributed by atoms with Gasteiger partial charge in [0.05, 0.1) is 19.3 Å². The molecule has 0 saturated carbocycles. The maximum Gasteiger partial charge on any atom is 0.316 e. The van der Waals surface area contributed by atoms with Crippen LogP contribution in [0.2, 0.25) is 0 Å². The Balaban J connectivity index is 2.46. The van der Waals surface area contributed by atoms with Gasteiger partial charge in [0, 0.05) is 19.3 Å². The lowest BCUT2D eigenvalue weighted by Crippen LogP contribution is -2.63. The number of aliphatic hydroxyl groups is 2. The van der Waals surface area contributed by atoms with E-state index in [4.69, 9.17) is 17.2 Å². The van der Waals surface area contributed by atoms with E-state index in [1.807, 2.05) is 5.32 Å². The Morgan fingerprint density at radius 1 is 0.974 bits per heavy atom. The number of hydrogen-bond donors (Lipinski definition) is 12. The minimum atomic E-state index is -1.67. The van der Waals surface area contributed by atoms with Crippen molar-refractivity contribution in [1.82, 2.24) is 37.2 Å². The van der Waals surface area contributed by atoms with Crippen molar-refractivity contribution in [2.24, 2.45) is 22.2 Å². The average Bonchev–Trinajstić information content (AvgIpc) is 2.88. The summed E-state index contributed by atoms with van der Waals surface area (Å²) < 4.78 is 0. The molecule has 0 bridgehead atoms. The first kappa shape index (κ1) is 29.7. The second kappa shape index (κ2) is 13.7. The molecule has 5 atom stereocenters. The van der Waals surface area contributed by atoms with Crippen molar-refractivity contribution >= 4 is 41.5 Å². The summed E-state index contributed by atoms with van der Waals surface area (Å²) in [6, 6.07) is -7.87. The van der Waals surface area contributed by atoms with Gasteiger partial charge in [-0.05, 0) is 6.42 Å². The standard InChI is InChI=1S/C19H31N11O8/c20-7-3-24-17(37)12(8-1-2-23-18(21)29-8)30-14(34)9(4-25-19(22)38)26-15(35)11(6-32)28-16(36)10(5-31)27-13(7)33/h4,7-8,10-12,31-32H,1-3,5-6,20H2,(H,24,37)(H,26,35)(H,27,33)(H,28,36)(H,30,34)(H3,21,23,29)(H3,22,25,38)/b9-4-. The molecule has 0 spiro atoms. The summed E-state index contributed by atoms with van der Waals surface area (Å²) in [6.45, 7) is -2.08. The Morgan fingerprint density at radius 3 is 2.21 bits per heavy atom. The Hall–Kier alpha value is -4.49. The highest BCUT2D eigenvalue weighted by molar-refractivity contribution is 6.02. The van der Waals surface area contributed by atoms with E-state index in [1.165, 1.54) is 0 Å². The van der Waals surface area contributed by atoms with Crippen LogP contribution in [-0.4, -0.2) is 108 Å². The fourth-order valence-electron chi connectivity index (χ4n) is 3.32. The molecule has 7 amide bonds. The molecule has 0 aromatic rings. The topological polar surface area (TPSA) is 318 Å². The first-order valence-electron chi connectivity index (χ1n) is 11.3. The summed E-state index contributed by atoms with van der Waals surface area (Å²) in [5.41, 5.74) is 15.9. The third-order valence-corrected chi connectivity index (χ3v) is 5.35. The fraction of sp³-hybridized carbons (Fsp3) is 0.526. The van der Waals surface area contributed by atoms with Gasteiger partial charge >= 0.3 is 6.03 Å². The Morgan fingerprint density at radius 2 is 1.61 bits per heavy atom. The second-order valence-electron chi connectivity index (χ2n) is 8.15. The lowest BCUT2D eigenvalue weighted by atomic mass is 10.0. The number of carbonyl (C=O) groups is 6. The minimum absolute atomic E-state index is 0.00237. The molecule has 2 heterocycles. The molecule has 2 aliphatic heterocycles. The van der Waals surface area contributed by atoms with E-state index < -0.39 is 91.2 Å². The summed E-state index contributed by atoms with van der Waals surface area (Å²) in [5.74, 6) is -5.01. The number of nitrogens with zero attached hydrogens (tertiary/aromatic N) is 1. The van der Waals surface area contributed by atoms with E-state index in [1.54, 1.807) is 0 Å². The van der Waals surface area contributed by atoms with Gasteiger partial charge in [-0.15, -0.1) is 0 Å². The normalized spacial score (nSPS) is 29.0. The van der Waals surface area contributed by atoms with Gasteiger partial charge in [-0.2, -0.15) is 0 Å². The highest BCUT2D eigenvalue weighted by atomic mass is 16.3. The molecule has 0 aliphatic carbocycles. The van der Waals surface area contributed by atoms with Crippen LogP contribution in [-0.2, 0) is 24.0 Å². The summed E-state index contributed by atoms with van der Waals surface area (Å²) in [4.78, 5) is 78.9. The third-order valence-electron chi connectivity index (χ3n) is 5.35. The van der Waals surface area contributed by atoms with E-state index in [9.17, 15) is 39.0 Å².